The highest BCUT2D eigenvalue weighted by Crippen LogP contribution is 2.15. The first-order chi connectivity index (χ1) is 12.1. The number of carbonyl (C=O) groups is 2. The summed E-state index contributed by atoms with van der Waals surface area (Å²) in [7, 11) is 0. The first-order valence-corrected chi connectivity index (χ1v) is 7.71. The molecule has 0 bridgehead atoms. The predicted octanol–water partition coefficient (Wildman–Crippen LogP) is 3.85. The van der Waals surface area contributed by atoms with Gasteiger partial charge in [-0.15, -0.1) is 0 Å². The topological polar surface area (TPSA) is 75.6 Å². The van der Waals surface area contributed by atoms with Gasteiger partial charge >= 0.3 is 12.1 Å². The van der Waals surface area contributed by atoms with E-state index in [2.05, 4.69) is 5.32 Å². The minimum Gasteiger partial charge on any atom is -0.478 e. The second-order valence-corrected chi connectivity index (χ2v) is 5.19. The average molecular weight is 343 g/mol. The standard InChI is InChI=1S/C19H18FNO4/c20-17-11-6-10-16(18(22)23)15(17)9-4-5-12-21-19(24)25-13-14-7-2-1-3-8-14/h1-4,6-11H,5,12-13H2,(H,21,24)(H,22,23). The summed E-state index contributed by atoms with van der Waals surface area (Å²) in [6, 6.07) is 13.2. The fraction of sp³-hybridized carbons (Fsp3) is 0.158. The van der Waals surface area contributed by atoms with Crippen molar-refractivity contribution in [3.8, 4) is 0 Å². The fourth-order valence-corrected chi connectivity index (χ4v) is 2.13. The summed E-state index contributed by atoms with van der Waals surface area (Å²) in [6.07, 6.45) is 2.86. The third kappa shape index (κ3) is 5.76. The van der Waals surface area contributed by atoms with Gasteiger partial charge in [0.25, 0.3) is 0 Å². The number of ether oxygens (including phenoxy) is 1. The van der Waals surface area contributed by atoms with Gasteiger partial charge in [-0.05, 0) is 24.1 Å². The molecule has 5 nitrogen and oxygen atoms in total. The van der Waals surface area contributed by atoms with Crippen LogP contribution in [0.25, 0.3) is 6.08 Å². The Morgan fingerprint density at radius 2 is 1.88 bits per heavy atom. The molecule has 2 aromatic carbocycles. The molecule has 0 heterocycles. The van der Waals surface area contributed by atoms with Gasteiger partial charge in [0.15, 0.2) is 0 Å². The molecule has 2 N–H and O–H groups in total. The van der Waals surface area contributed by atoms with Gasteiger partial charge in [-0.2, -0.15) is 0 Å². The third-order valence-corrected chi connectivity index (χ3v) is 3.36. The number of aromatic carboxylic acids is 1. The minimum absolute atomic E-state index is 0.0154. The molecule has 2 rings (SSSR count). The molecular formula is C19H18FNO4. The largest absolute Gasteiger partial charge is 0.478 e. The number of carboxylic acids is 1. The van der Waals surface area contributed by atoms with Crippen LogP contribution in [0, 0.1) is 5.82 Å². The van der Waals surface area contributed by atoms with Crippen molar-refractivity contribution < 1.29 is 23.8 Å². The predicted molar refractivity (Wildman–Crippen MR) is 91.6 cm³/mol. The third-order valence-electron chi connectivity index (χ3n) is 3.36. The number of hydrogen-bond acceptors (Lipinski definition) is 3. The van der Waals surface area contributed by atoms with Crippen molar-refractivity contribution in [2.24, 2.45) is 0 Å². The minimum atomic E-state index is -1.19. The lowest BCUT2D eigenvalue weighted by Gasteiger charge is -2.06. The Hall–Kier alpha value is -3.15. The Morgan fingerprint density at radius 3 is 2.60 bits per heavy atom. The highest BCUT2D eigenvalue weighted by Gasteiger charge is 2.11. The van der Waals surface area contributed by atoms with Crippen molar-refractivity contribution in [1.29, 1.82) is 0 Å². The Kier molecular flexibility index (Phi) is 6.71. The molecule has 130 valence electrons. The number of carbonyl (C=O) groups excluding carboxylic acids is 1. The van der Waals surface area contributed by atoms with E-state index in [4.69, 9.17) is 9.84 Å². The summed E-state index contributed by atoms with van der Waals surface area (Å²) in [4.78, 5) is 22.6. The Bertz CT molecular complexity index is 759. The Balaban J connectivity index is 1.77. The van der Waals surface area contributed by atoms with E-state index in [1.807, 2.05) is 30.3 Å². The molecule has 0 unspecified atom stereocenters. The zero-order valence-electron chi connectivity index (χ0n) is 13.4. The molecule has 0 aromatic heterocycles. The Labute approximate surface area is 144 Å². The van der Waals surface area contributed by atoms with E-state index in [0.29, 0.717) is 13.0 Å². The zero-order chi connectivity index (χ0) is 18.1. The van der Waals surface area contributed by atoms with E-state index in [1.165, 1.54) is 24.3 Å². The summed E-state index contributed by atoms with van der Waals surface area (Å²) < 4.78 is 18.8. The van der Waals surface area contributed by atoms with E-state index in [-0.39, 0.29) is 17.7 Å². The molecule has 1 amide bonds. The highest BCUT2D eigenvalue weighted by atomic mass is 19.1. The van der Waals surface area contributed by atoms with Crippen LogP contribution in [0.4, 0.5) is 9.18 Å². The van der Waals surface area contributed by atoms with Gasteiger partial charge in [-0.1, -0.05) is 48.6 Å². The lowest BCUT2D eigenvalue weighted by Crippen LogP contribution is -2.24. The summed E-state index contributed by atoms with van der Waals surface area (Å²) in [5.74, 6) is -1.80. The fourth-order valence-electron chi connectivity index (χ4n) is 2.13. The maximum absolute atomic E-state index is 13.7. The molecule has 0 spiro atoms. The Morgan fingerprint density at radius 1 is 1.12 bits per heavy atom. The van der Waals surface area contributed by atoms with Crippen molar-refractivity contribution in [2.75, 3.05) is 6.54 Å². The summed E-state index contributed by atoms with van der Waals surface area (Å²) in [5.41, 5.74) is 0.798. The van der Waals surface area contributed by atoms with E-state index < -0.39 is 17.9 Å². The number of benzene rings is 2. The van der Waals surface area contributed by atoms with Gasteiger partial charge in [0.1, 0.15) is 12.4 Å². The van der Waals surface area contributed by atoms with Crippen LogP contribution in [0.5, 0.6) is 0 Å². The molecular weight excluding hydrogens is 325 g/mol. The van der Waals surface area contributed by atoms with E-state index in [1.54, 1.807) is 6.08 Å². The van der Waals surface area contributed by atoms with Gasteiger partial charge in [0.2, 0.25) is 0 Å². The number of alkyl carbamates (subject to hydrolysis) is 1. The van der Waals surface area contributed by atoms with Crippen LogP contribution in [-0.2, 0) is 11.3 Å². The monoisotopic (exact) mass is 343 g/mol. The maximum atomic E-state index is 13.7. The first kappa shape index (κ1) is 18.2. The molecule has 0 atom stereocenters. The maximum Gasteiger partial charge on any atom is 0.407 e. The van der Waals surface area contributed by atoms with Crippen molar-refractivity contribution >= 4 is 18.1 Å². The van der Waals surface area contributed by atoms with Gasteiger partial charge in [0, 0.05) is 12.1 Å². The molecule has 2 aromatic rings. The molecule has 6 heteroatoms. The molecule has 0 saturated heterocycles. The SMILES string of the molecule is O=C(NCCC=Cc1c(F)cccc1C(=O)O)OCc1ccccc1. The van der Waals surface area contributed by atoms with E-state index in [0.717, 1.165) is 5.56 Å². The summed E-state index contributed by atoms with van der Waals surface area (Å²) >= 11 is 0. The smallest absolute Gasteiger partial charge is 0.407 e. The number of carboxylic acid groups (broad SMARTS) is 1. The van der Waals surface area contributed by atoms with Crippen molar-refractivity contribution in [2.45, 2.75) is 13.0 Å². The van der Waals surface area contributed by atoms with Crippen LogP contribution in [-0.4, -0.2) is 23.7 Å². The summed E-state index contributed by atoms with van der Waals surface area (Å²) in [5, 5.41) is 11.6. The molecule has 0 radical (unpaired) electrons. The van der Waals surface area contributed by atoms with E-state index >= 15 is 0 Å². The average Bonchev–Trinajstić information content (AvgIpc) is 2.61. The quantitative estimate of drug-likeness (QED) is 0.749. The normalized spacial score (nSPS) is 10.6. The number of hydrogen-bond donors (Lipinski definition) is 2. The molecule has 0 aliphatic heterocycles. The van der Waals surface area contributed by atoms with Crippen molar-refractivity contribution in [3.05, 3.63) is 77.1 Å². The van der Waals surface area contributed by atoms with Crippen LogP contribution in [0.2, 0.25) is 0 Å². The van der Waals surface area contributed by atoms with Crippen molar-refractivity contribution in [1.82, 2.24) is 5.32 Å². The number of amides is 1. The van der Waals surface area contributed by atoms with Crippen LogP contribution in [0.3, 0.4) is 0 Å². The first-order valence-electron chi connectivity index (χ1n) is 7.71. The van der Waals surface area contributed by atoms with Crippen LogP contribution in [0.15, 0.2) is 54.6 Å². The van der Waals surface area contributed by atoms with Crippen LogP contribution < -0.4 is 5.32 Å². The number of nitrogens with one attached hydrogen (secondary N) is 1. The summed E-state index contributed by atoms with van der Waals surface area (Å²) in [6.45, 7) is 0.473. The number of rotatable bonds is 7. The lowest BCUT2D eigenvalue weighted by molar-refractivity contribution is 0.0696. The molecule has 0 fully saturated rings. The second kappa shape index (κ2) is 9.22. The van der Waals surface area contributed by atoms with Gasteiger partial charge in [-0.25, -0.2) is 14.0 Å². The molecule has 0 aliphatic carbocycles. The van der Waals surface area contributed by atoms with Gasteiger partial charge in [-0.3, -0.25) is 0 Å². The molecule has 0 saturated carbocycles. The van der Waals surface area contributed by atoms with Gasteiger partial charge in [0.05, 0.1) is 5.56 Å². The van der Waals surface area contributed by atoms with Crippen LogP contribution in [0.1, 0.15) is 27.9 Å². The second-order valence-electron chi connectivity index (χ2n) is 5.19. The van der Waals surface area contributed by atoms with Crippen LogP contribution >= 0.6 is 0 Å². The van der Waals surface area contributed by atoms with E-state index in [9.17, 15) is 14.0 Å². The zero-order valence-corrected chi connectivity index (χ0v) is 13.4. The number of halogens is 1. The van der Waals surface area contributed by atoms with Crippen molar-refractivity contribution in [3.63, 3.8) is 0 Å². The highest BCUT2D eigenvalue weighted by molar-refractivity contribution is 5.92. The van der Waals surface area contributed by atoms with Gasteiger partial charge < -0.3 is 15.2 Å². The molecule has 0 aliphatic rings. The lowest BCUT2D eigenvalue weighted by atomic mass is 10.1. The molecule has 25 heavy (non-hydrogen) atoms.